The fourth-order valence-electron chi connectivity index (χ4n) is 2.52. The largest absolute Gasteiger partial charge is 0.573 e. The Balaban J connectivity index is 1.92. The summed E-state index contributed by atoms with van der Waals surface area (Å²) in [6, 6.07) is 5.21. The number of rotatable bonds is 5. The number of anilines is 1. The first-order chi connectivity index (χ1) is 10.8. The van der Waals surface area contributed by atoms with Crippen LogP contribution in [0.15, 0.2) is 35.8 Å². The molecule has 23 heavy (non-hydrogen) atoms. The van der Waals surface area contributed by atoms with E-state index >= 15 is 0 Å². The molecule has 1 aliphatic rings. The van der Waals surface area contributed by atoms with Crippen molar-refractivity contribution >= 4 is 5.69 Å². The molecule has 0 spiro atoms. The van der Waals surface area contributed by atoms with Gasteiger partial charge in [-0.2, -0.15) is 0 Å². The first kappa shape index (κ1) is 17.6. The van der Waals surface area contributed by atoms with Crippen molar-refractivity contribution in [2.24, 2.45) is 5.92 Å². The second-order valence-corrected chi connectivity index (χ2v) is 5.62. The number of nitrogens with one attached hydrogen (secondary N) is 2. The van der Waals surface area contributed by atoms with E-state index in [0.717, 1.165) is 25.9 Å². The maximum absolute atomic E-state index is 14.2. The quantitative estimate of drug-likeness (QED) is 0.774. The molecular weight excluding hydrogens is 312 g/mol. The molecule has 0 amide bonds. The third kappa shape index (κ3) is 6.09. The summed E-state index contributed by atoms with van der Waals surface area (Å²) < 4.78 is 54.2. The van der Waals surface area contributed by atoms with Gasteiger partial charge in [-0.1, -0.05) is 0 Å². The third-order valence-electron chi connectivity index (χ3n) is 3.75. The van der Waals surface area contributed by atoms with Gasteiger partial charge in [0.05, 0.1) is 0 Å². The molecule has 0 saturated carbocycles. The van der Waals surface area contributed by atoms with Gasteiger partial charge in [0.25, 0.3) is 0 Å². The summed E-state index contributed by atoms with van der Waals surface area (Å²) in [7, 11) is 0. The van der Waals surface area contributed by atoms with Crippen molar-refractivity contribution in [2.45, 2.75) is 32.5 Å². The average Bonchev–Trinajstić information content (AvgIpc) is 2.48. The molecule has 0 radical (unpaired) electrons. The van der Waals surface area contributed by atoms with E-state index in [4.69, 9.17) is 0 Å². The molecule has 1 aromatic rings. The van der Waals surface area contributed by atoms with Crippen LogP contribution in [0.4, 0.5) is 23.2 Å². The highest BCUT2D eigenvalue weighted by molar-refractivity contribution is 5.50. The van der Waals surface area contributed by atoms with Crippen molar-refractivity contribution in [3.63, 3.8) is 0 Å². The summed E-state index contributed by atoms with van der Waals surface area (Å²) in [6.07, 6.45) is -2.43. The van der Waals surface area contributed by atoms with Crippen molar-refractivity contribution in [1.82, 2.24) is 5.32 Å². The van der Waals surface area contributed by atoms with Crippen molar-refractivity contribution in [3.8, 4) is 5.75 Å². The molecule has 2 rings (SSSR count). The zero-order chi connectivity index (χ0) is 16.9. The highest BCUT2D eigenvalue weighted by atomic mass is 19.4. The van der Waals surface area contributed by atoms with Crippen LogP contribution in [0.2, 0.25) is 0 Å². The predicted molar refractivity (Wildman–Crippen MR) is 80.8 cm³/mol. The third-order valence-corrected chi connectivity index (χ3v) is 3.75. The molecule has 128 valence electrons. The average molecular weight is 332 g/mol. The fourth-order valence-corrected chi connectivity index (χ4v) is 2.52. The van der Waals surface area contributed by atoms with E-state index < -0.39 is 6.36 Å². The summed E-state index contributed by atoms with van der Waals surface area (Å²) in [5.74, 6) is -0.192. The van der Waals surface area contributed by atoms with E-state index in [1.54, 1.807) is 6.92 Å². The Morgan fingerprint density at radius 2 is 1.83 bits per heavy atom. The number of allylic oxidation sites excluding steroid dienone is 2. The number of hydrogen-bond donors (Lipinski definition) is 2. The smallest absolute Gasteiger partial charge is 0.406 e. The van der Waals surface area contributed by atoms with Gasteiger partial charge >= 0.3 is 6.36 Å². The van der Waals surface area contributed by atoms with Crippen LogP contribution in [0.3, 0.4) is 0 Å². The number of alkyl halides is 3. The Hall–Kier alpha value is -1.76. The molecule has 0 atom stereocenters. The number of benzene rings is 1. The van der Waals surface area contributed by atoms with Gasteiger partial charge in [-0.05, 0) is 63.0 Å². The van der Waals surface area contributed by atoms with Crippen LogP contribution in [0.1, 0.15) is 26.2 Å². The minimum Gasteiger partial charge on any atom is -0.406 e. The van der Waals surface area contributed by atoms with E-state index in [1.807, 2.05) is 0 Å². The summed E-state index contributed by atoms with van der Waals surface area (Å²) in [5, 5.41) is 6.11. The van der Waals surface area contributed by atoms with Gasteiger partial charge in [0.2, 0.25) is 0 Å². The van der Waals surface area contributed by atoms with Crippen LogP contribution in [0.25, 0.3) is 0 Å². The van der Waals surface area contributed by atoms with E-state index in [1.165, 1.54) is 24.3 Å². The highest BCUT2D eigenvalue weighted by Gasteiger charge is 2.30. The Morgan fingerprint density at radius 3 is 2.39 bits per heavy atom. The predicted octanol–water partition coefficient (Wildman–Crippen LogP) is 4.59. The number of halogens is 4. The SMILES string of the molecule is C/C(Nc1ccc(OC(F)(F)F)cc1)=C(\F)CC1CCNCC1. The van der Waals surface area contributed by atoms with Gasteiger partial charge in [-0.15, -0.1) is 13.2 Å². The van der Waals surface area contributed by atoms with Crippen LogP contribution in [0.5, 0.6) is 5.75 Å². The molecule has 0 aromatic heterocycles. The Kier molecular flexibility index (Phi) is 5.87. The molecule has 0 bridgehead atoms. The summed E-state index contributed by atoms with van der Waals surface area (Å²) in [5.41, 5.74) is 0.894. The lowest BCUT2D eigenvalue weighted by atomic mass is 9.94. The first-order valence-corrected chi connectivity index (χ1v) is 7.52. The topological polar surface area (TPSA) is 33.3 Å². The van der Waals surface area contributed by atoms with Crippen molar-refractivity contribution in [2.75, 3.05) is 18.4 Å². The molecule has 3 nitrogen and oxygen atoms in total. The number of hydrogen-bond acceptors (Lipinski definition) is 3. The second kappa shape index (κ2) is 7.68. The molecule has 7 heteroatoms. The zero-order valence-electron chi connectivity index (χ0n) is 12.8. The molecular formula is C16H20F4N2O. The monoisotopic (exact) mass is 332 g/mol. The lowest BCUT2D eigenvalue weighted by Crippen LogP contribution is -2.27. The van der Waals surface area contributed by atoms with Crippen molar-refractivity contribution in [1.29, 1.82) is 0 Å². The molecule has 0 aliphatic carbocycles. The van der Waals surface area contributed by atoms with Crippen molar-refractivity contribution in [3.05, 3.63) is 35.8 Å². The van der Waals surface area contributed by atoms with Gasteiger partial charge in [-0.25, -0.2) is 4.39 Å². The van der Waals surface area contributed by atoms with Crippen LogP contribution in [0, 0.1) is 5.92 Å². The molecule has 1 aromatic carbocycles. The maximum atomic E-state index is 14.2. The number of ether oxygens (including phenoxy) is 1. The van der Waals surface area contributed by atoms with Gasteiger partial charge in [-0.3, -0.25) is 0 Å². The van der Waals surface area contributed by atoms with Gasteiger partial charge < -0.3 is 15.4 Å². The van der Waals surface area contributed by atoms with E-state index in [2.05, 4.69) is 15.4 Å². The van der Waals surface area contributed by atoms with Gasteiger partial charge in [0.1, 0.15) is 11.6 Å². The van der Waals surface area contributed by atoms with E-state index in [-0.39, 0.29) is 11.6 Å². The molecule has 1 saturated heterocycles. The normalized spacial score (nSPS) is 17.6. The first-order valence-electron chi connectivity index (χ1n) is 7.52. The van der Waals surface area contributed by atoms with E-state index in [9.17, 15) is 17.6 Å². The summed E-state index contributed by atoms with van der Waals surface area (Å²) in [4.78, 5) is 0. The van der Waals surface area contributed by atoms with Crippen LogP contribution < -0.4 is 15.4 Å². The Morgan fingerprint density at radius 1 is 1.22 bits per heavy atom. The zero-order valence-corrected chi connectivity index (χ0v) is 12.8. The summed E-state index contributed by atoms with van der Waals surface area (Å²) in [6.45, 7) is 3.44. The van der Waals surface area contributed by atoms with E-state index in [0.29, 0.717) is 23.7 Å². The minimum atomic E-state index is -4.72. The maximum Gasteiger partial charge on any atom is 0.573 e. The highest BCUT2D eigenvalue weighted by Crippen LogP contribution is 2.26. The molecule has 1 fully saturated rings. The van der Waals surface area contributed by atoms with Crippen LogP contribution in [-0.2, 0) is 0 Å². The Bertz CT molecular complexity index is 534. The molecule has 0 unspecified atom stereocenters. The lowest BCUT2D eigenvalue weighted by Gasteiger charge is -2.22. The molecule has 2 N–H and O–H groups in total. The minimum absolute atomic E-state index is 0.215. The summed E-state index contributed by atoms with van der Waals surface area (Å²) >= 11 is 0. The molecule has 1 heterocycles. The van der Waals surface area contributed by atoms with Crippen molar-refractivity contribution < 1.29 is 22.3 Å². The standard InChI is InChI=1S/C16H20F4N2O/c1-11(15(17)10-12-6-8-21-9-7-12)22-13-2-4-14(5-3-13)23-16(18,19)20/h2-5,12,21-22H,6-10H2,1H3/b15-11+. The fraction of sp³-hybridized carbons (Fsp3) is 0.500. The van der Waals surface area contributed by atoms with Gasteiger partial charge in [0, 0.05) is 17.8 Å². The Labute approximate surface area is 132 Å². The number of piperidine rings is 1. The van der Waals surface area contributed by atoms with Crippen LogP contribution >= 0.6 is 0 Å². The molecule has 1 aliphatic heterocycles. The van der Waals surface area contributed by atoms with Gasteiger partial charge in [0.15, 0.2) is 0 Å². The van der Waals surface area contributed by atoms with Crippen LogP contribution in [-0.4, -0.2) is 19.5 Å². The second-order valence-electron chi connectivity index (χ2n) is 5.62. The lowest BCUT2D eigenvalue weighted by molar-refractivity contribution is -0.274.